The molecule has 0 amide bonds. The van der Waals surface area contributed by atoms with Crippen LogP contribution in [-0.2, 0) is 38.3 Å². The molecule has 0 radical (unpaired) electrons. The van der Waals surface area contributed by atoms with E-state index in [1.807, 2.05) is 116 Å². The molecule has 4 aromatic carbocycles. The van der Waals surface area contributed by atoms with Gasteiger partial charge >= 0.3 is 23.9 Å². The number of hydrogen-bond acceptors (Lipinski definition) is 20. The number of aromatic nitrogens is 7. The normalized spacial score (nSPS) is 10.4. The molecule has 0 aliphatic carbocycles. The molecule has 1 aliphatic heterocycles. The van der Waals surface area contributed by atoms with Crippen LogP contribution in [0.2, 0.25) is 0 Å². The minimum Gasteiger partial charge on any atom is -0.478 e. The van der Waals surface area contributed by atoms with E-state index in [9.17, 15) is 28.8 Å². The maximum absolute atomic E-state index is 11.7. The van der Waals surface area contributed by atoms with E-state index in [-0.39, 0.29) is 40.9 Å². The molecule has 0 fully saturated rings. The summed E-state index contributed by atoms with van der Waals surface area (Å²) in [6.07, 6.45) is 25.6. The minimum atomic E-state index is -0.934. The third-order valence-electron chi connectivity index (χ3n) is 13.7. The number of pyridine rings is 3. The first-order chi connectivity index (χ1) is 47.0. The highest BCUT2D eigenvalue weighted by molar-refractivity contribution is 6.06. The number of aliphatic imine (C=N–C) groups is 1. The van der Waals surface area contributed by atoms with Gasteiger partial charge in [-0.15, -0.1) is 0 Å². The zero-order valence-corrected chi connectivity index (χ0v) is 57.0. The van der Waals surface area contributed by atoms with Gasteiger partial charge in [0.1, 0.15) is 23.9 Å². The van der Waals surface area contributed by atoms with Gasteiger partial charge in [0, 0.05) is 118 Å². The molecule has 22 nitrogen and oxygen atoms in total. The fraction of sp³-hybridized carbons (Fsp3) is 0.197. The van der Waals surface area contributed by atoms with Gasteiger partial charge in [-0.05, 0) is 171 Å². The van der Waals surface area contributed by atoms with Crippen molar-refractivity contribution in [2.24, 2.45) is 10.7 Å². The van der Waals surface area contributed by atoms with Gasteiger partial charge in [-0.3, -0.25) is 30.0 Å². The van der Waals surface area contributed by atoms with Crippen LogP contribution >= 0.6 is 0 Å². The van der Waals surface area contributed by atoms with E-state index in [0.717, 1.165) is 61.5 Å². The average Bonchev–Trinajstić information content (AvgIpc) is 0.874. The number of anilines is 1. The number of esters is 3. The Morgan fingerprint density at radius 3 is 1.40 bits per heavy atom. The number of nitrogen functional groups attached to an aromatic ring is 1. The molecule has 0 unspecified atom stereocenters. The first-order valence-corrected chi connectivity index (χ1v) is 30.5. The van der Waals surface area contributed by atoms with Gasteiger partial charge in [-0.2, -0.15) is 0 Å². The Bertz CT molecular complexity index is 4270. The Kier molecular flexibility index (Phi) is 32.9. The number of carboxylic acid groups (broad SMARTS) is 1. The number of carbonyl (C=O) groups excluding carboxylic acids is 5. The van der Waals surface area contributed by atoms with Gasteiger partial charge in [0.15, 0.2) is 23.6 Å². The predicted molar refractivity (Wildman–Crippen MR) is 380 cm³/mol. The first kappa shape index (κ1) is 78.0. The van der Waals surface area contributed by atoms with Gasteiger partial charge < -0.3 is 35.7 Å². The maximum Gasteiger partial charge on any atom is 0.337 e. The number of nitrogens with one attached hydrogen (secondary N) is 1. The zero-order chi connectivity index (χ0) is 72.1. The number of aromatic carboxylic acids is 1. The minimum absolute atomic E-state index is 0.0574. The number of ether oxygens (including phenoxy) is 3. The predicted octanol–water partition coefficient (Wildman–Crippen LogP) is 12.3. The molecule has 0 saturated heterocycles. The highest BCUT2D eigenvalue weighted by Gasteiger charge is 2.15. The highest BCUT2D eigenvalue weighted by atomic mass is 16.5. The largest absolute Gasteiger partial charge is 0.478 e. The third-order valence-corrected chi connectivity index (χ3v) is 13.7. The van der Waals surface area contributed by atoms with Crippen LogP contribution in [0.1, 0.15) is 123 Å². The summed E-state index contributed by atoms with van der Waals surface area (Å²) in [6.45, 7) is 13.3. The summed E-state index contributed by atoms with van der Waals surface area (Å²) in [5.74, 6) is -0.584. The Balaban J connectivity index is 0.000000256. The summed E-state index contributed by atoms with van der Waals surface area (Å²) in [4.78, 5) is 102. The average molecular weight is 1320 g/mol. The van der Waals surface area contributed by atoms with Crippen molar-refractivity contribution in [3.8, 4) is 22.5 Å². The lowest BCUT2D eigenvalue weighted by molar-refractivity contribution is -0.111. The molecular weight excluding hydrogens is 1240 g/mol. The number of allylic oxidation sites excluding steroid dienone is 4. The summed E-state index contributed by atoms with van der Waals surface area (Å²) in [6, 6.07) is 35.8. The number of amidine groups is 1. The number of nitrogens with two attached hydrogens (primary N) is 2. The lowest BCUT2D eigenvalue weighted by atomic mass is 10.0. The molecule has 22 heteroatoms. The molecule has 6 heterocycles. The second-order valence-corrected chi connectivity index (χ2v) is 21.1. The van der Waals surface area contributed by atoms with E-state index >= 15 is 0 Å². The van der Waals surface area contributed by atoms with E-state index in [1.165, 1.54) is 46.7 Å². The van der Waals surface area contributed by atoms with E-state index in [0.29, 0.717) is 64.4 Å². The van der Waals surface area contributed by atoms with Crippen LogP contribution in [0.25, 0.3) is 22.5 Å². The zero-order valence-electron chi connectivity index (χ0n) is 57.0. The number of rotatable bonds is 16. The van der Waals surface area contributed by atoms with E-state index < -0.39 is 5.97 Å². The Labute approximate surface area is 571 Å². The highest BCUT2D eigenvalue weighted by Crippen LogP contribution is 2.21. The second kappa shape index (κ2) is 41.3. The number of Topliss-reactive ketones (excluding diaryl/α,β-unsaturated/α-hetero) is 1. The van der Waals surface area contributed by atoms with Crippen LogP contribution in [0.5, 0.6) is 0 Å². The van der Waals surface area contributed by atoms with E-state index in [2.05, 4.69) is 55.4 Å². The van der Waals surface area contributed by atoms with Crippen molar-refractivity contribution in [2.45, 2.75) is 67.7 Å². The topological polar surface area (TPSA) is 332 Å². The lowest BCUT2D eigenvalue weighted by Crippen LogP contribution is -2.14. The van der Waals surface area contributed by atoms with Crippen molar-refractivity contribution in [2.75, 3.05) is 41.2 Å². The van der Waals surface area contributed by atoms with Gasteiger partial charge in [0.05, 0.1) is 60.8 Å². The molecule has 6 N–H and O–H groups in total. The summed E-state index contributed by atoms with van der Waals surface area (Å²) in [5, 5.41) is 16.3. The van der Waals surface area contributed by atoms with Crippen molar-refractivity contribution < 1.29 is 48.1 Å². The van der Waals surface area contributed by atoms with Gasteiger partial charge in [-0.1, -0.05) is 38.1 Å². The van der Waals surface area contributed by atoms with Crippen molar-refractivity contribution in [3.05, 3.63) is 286 Å². The van der Waals surface area contributed by atoms with Gasteiger partial charge in [-0.25, -0.2) is 44.1 Å². The SMILES string of the molecule is CC.CC(=O)c1cccnc1.CN(C)/C=C/C(=O)C1=CN=C[C+]=C1.COC(=O)c1ccc(C)c(CC(=N)N)c1.COC(=O)c1ccc(C)c(Cc2nccc(-c3cccnc3)n2)c1.COC(=O)c1ccc(C)c(N)c1.Cc1ccc(C(=O)O)cc1Cc1nccc(-c2cccnc2)n1. The van der Waals surface area contributed by atoms with Crippen molar-refractivity contribution in [1.29, 1.82) is 5.41 Å². The molecule has 0 spiro atoms. The molecular formula is C76H81N12O10+. The number of methoxy groups -OCH3 is 3. The summed E-state index contributed by atoms with van der Waals surface area (Å²) >= 11 is 0. The fourth-order valence-electron chi connectivity index (χ4n) is 8.30. The molecule has 1 aliphatic rings. The van der Waals surface area contributed by atoms with Crippen molar-refractivity contribution in [3.63, 3.8) is 0 Å². The smallest absolute Gasteiger partial charge is 0.337 e. The summed E-state index contributed by atoms with van der Waals surface area (Å²) in [7, 11) is 7.78. The number of aryl methyl sites for hydroxylation is 4. The standard InChI is InChI=1S/C19H17N3O2.C18H15N3O2.C11H14N2O2.C10H11N2O.C9H11NO2.C7H7NO.C2H6/c1-13-5-6-14(19(23)24-2)10-16(13)11-18-21-9-7-17(22-18)15-4-3-8-20-12-15;1-12-4-5-13(18(22)23)9-15(12)10-17-20-8-6-16(21-17)14-3-2-7-19-11-14;1-7-3-4-8(11(14)15-2)5-9(7)6-10(12)13;1-12(2)7-5-10(13)9-4-3-6-11-8-9;1-6-3-4-7(5-8(6)10)9(11)12-2;1-6(9)7-3-2-4-8-5-7;1-2/h3-10,12H,11H2,1-2H3;2-9,11H,10H2,1H3,(H,22,23);3-5H,6H2,1-2H3,(H3,12,13);4-8H,1-2H3;3-5H,10H2,1-2H3;2-5H,1H3;1-2H3/q;;;+1;;;/b;;;7-5+;;;. The van der Waals surface area contributed by atoms with Crippen LogP contribution in [0.4, 0.5) is 5.69 Å². The van der Waals surface area contributed by atoms with Crippen LogP contribution in [-0.4, -0.2) is 128 Å². The molecule has 9 aromatic rings. The quantitative estimate of drug-likeness (QED) is 0.0102. The molecule has 98 heavy (non-hydrogen) atoms. The molecule has 5 aromatic heterocycles. The van der Waals surface area contributed by atoms with Crippen LogP contribution in [0, 0.1) is 39.2 Å². The number of ketones is 2. The number of benzene rings is 4. The summed E-state index contributed by atoms with van der Waals surface area (Å²) < 4.78 is 13.9. The number of hydrogen-bond donors (Lipinski definition) is 4. The molecule has 0 bridgehead atoms. The molecule has 0 saturated carbocycles. The Hall–Kier alpha value is -12.4. The van der Waals surface area contributed by atoms with Crippen molar-refractivity contribution >= 4 is 53.2 Å². The van der Waals surface area contributed by atoms with Crippen LogP contribution < -0.4 is 11.5 Å². The van der Waals surface area contributed by atoms with Gasteiger partial charge in [0.25, 0.3) is 5.78 Å². The molecule has 504 valence electrons. The number of nitrogens with zero attached hydrogens (tertiary/aromatic N) is 9. The summed E-state index contributed by atoms with van der Waals surface area (Å²) in [5.41, 5.74) is 24.9. The lowest BCUT2D eigenvalue weighted by Gasteiger charge is -2.08. The van der Waals surface area contributed by atoms with Crippen molar-refractivity contribution in [1.82, 2.24) is 39.8 Å². The molecule has 0 atom stereocenters. The number of carboxylic acids is 1. The van der Waals surface area contributed by atoms with E-state index in [4.69, 9.17) is 26.7 Å². The Morgan fingerprint density at radius 2 is 1.01 bits per heavy atom. The maximum atomic E-state index is 11.7. The third kappa shape index (κ3) is 26.5. The second-order valence-electron chi connectivity index (χ2n) is 21.1. The van der Waals surface area contributed by atoms with E-state index in [1.54, 1.807) is 127 Å². The number of carbonyl (C=O) groups is 6. The first-order valence-electron chi connectivity index (χ1n) is 30.5. The van der Waals surface area contributed by atoms with Gasteiger partial charge in [0.2, 0.25) is 0 Å². The van der Waals surface area contributed by atoms with Crippen LogP contribution in [0.15, 0.2) is 206 Å². The Morgan fingerprint density at radius 1 is 0.571 bits per heavy atom. The molecule has 10 rings (SSSR count). The monoisotopic (exact) mass is 1320 g/mol. The fourth-order valence-corrected chi connectivity index (χ4v) is 8.30. The van der Waals surface area contributed by atoms with Crippen LogP contribution in [0.3, 0.4) is 0 Å².